The molecule has 1 aromatic rings. The number of carbonyl (C=O) groups is 2. The summed E-state index contributed by atoms with van der Waals surface area (Å²) in [6.45, 7) is 1.77. The summed E-state index contributed by atoms with van der Waals surface area (Å²) in [5.74, 6) is -2.95. The van der Waals surface area contributed by atoms with E-state index in [4.69, 9.17) is 10.5 Å². The Bertz CT molecular complexity index is 604. The Hall–Kier alpha value is -2.03. The molecule has 23 heavy (non-hydrogen) atoms. The van der Waals surface area contributed by atoms with Gasteiger partial charge in [0.15, 0.2) is 0 Å². The average molecular weight is 334 g/mol. The van der Waals surface area contributed by atoms with Crippen LogP contribution in [-0.4, -0.2) is 31.6 Å². The first-order valence-corrected chi connectivity index (χ1v) is 6.99. The predicted octanol–water partition coefficient (Wildman–Crippen LogP) is 1.62. The van der Waals surface area contributed by atoms with Crippen molar-refractivity contribution in [1.29, 1.82) is 0 Å². The number of hydrogen-bond donors (Lipinski definition) is 2. The van der Waals surface area contributed by atoms with Crippen molar-refractivity contribution < 1.29 is 31.9 Å². The second-order valence-corrected chi connectivity index (χ2v) is 5.54. The van der Waals surface area contributed by atoms with Crippen molar-refractivity contribution in [3.8, 4) is 0 Å². The fraction of sp³-hybridized carbons (Fsp3) is 0.571. The molecule has 6 nitrogen and oxygen atoms in total. The lowest BCUT2D eigenvalue weighted by Gasteiger charge is -2.34. The predicted molar refractivity (Wildman–Crippen MR) is 72.5 cm³/mol. The average Bonchev–Trinajstić information content (AvgIpc) is 2.88. The van der Waals surface area contributed by atoms with Crippen LogP contribution >= 0.6 is 0 Å². The number of nitrogens with two attached hydrogens (primary N) is 1. The number of primary amides is 1. The van der Waals surface area contributed by atoms with Crippen LogP contribution in [0.3, 0.4) is 0 Å². The third-order valence-electron chi connectivity index (χ3n) is 3.92. The van der Waals surface area contributed by atoms with Gasteiger partial charge in [0.25, 0.3) is 5.91 Å². The molecule has 0 unspecified atom stereocenters. The lowest BCUT2D eigenvalue weighted by molar-refractivity contribution is -0.153. The number of alkyl halides is 3. The number of ether oxygens (including phenoxy) is 1. The van der Waals surface area contributed by atoms with Gasteiger partial charge in [-0.1, -0.05) is 0 Å². The highest BCUT2D eigenvalue weighted by Crippen LogP contribution is 2.34. The van der Waals surface area contributed by atoms with E-state index in [1.165, 1.54) is 6.92 Å². The van der Waals surface area contributed by atoms with E-state index in [1.54, 1.807) is 0 Å². The summed E-state index contributed by atoms with van der Waals surface area (Å²) in [6.07, 6.45) is -4.17. The zero-order valence-corrected chi connectivity index (χ0v) is 12.5. The molecule has 0 radical (unpaired) electrons. The smallest absolute Gasteiger partial charge is 0.450 e. The third kappa shape index (κ3) is 3.66. The maximum Gasteiger partial charge on any atom is 0.450 e. The lowest BCUT2D eigenvalue weighted by Crippen LogP contribution is -2.49. The normalized spacial score (nSPS) is 17.7. The van der Waals surface area contributed by atoms with Gasteiger partial charge in [-0.25, -0.2) is 0 Å². The quantitative estimate of drug-likeness (QED) is 0.875. The van der Waals surface area contributed by atoms with Crippen LogP contribution in [0.4, 0.5) is 13.2 Å². The molecule has 3 N–H and O–H groups in total. The van der Waals surface area contributed by atoms with Gasteiger partial charge in [-0.15, -0.1) is 0 Å². The van der Waals surface area contributed by atoms with Gasteiger partial charge in [-0.3, -0.25) is 9.59 Å². The summed E-state index contributed by atoms with van der Waals surface area (Å²) in [7, 11) is 0. The van der Waals surface area contributed by atoms with E-state index < -0.39 is 34.7 Å². The van der Waals surface area contributed by atoms with Crippen LogP contribution in [0.25, 0.3) is 0 Å². The molecule has 1 aliphatic heterocycles. The van der Waals surface area contributed by atoms with Crippen LogP contribution in [0.1, 0.15) is 34.7 Å². The fourth-order valence-electron chi connectivity index (χ4n) is 2.51. The number of halogens is 3. The second-order valence-electron chi connectivity index (χ2n) is 5.54. The molecule has 2 heterocycles. The molecule has 1 aromatic heterocycles. The van der Waals surface area contributed by atoms with Gasteiger partial charge < -0.3 is 20.2 Å². The van der Waals surface area contributed by atoms with Crippen LogP contribution in [0.2, 0.25) is 0 Å². The van der Waals surface area contributed by atoms with E-state index in [0.717, 1.165) is 6.07 Å². The van der Waals surface area contributed by atoms with Crippen LogP contribution in [0.5, 0.6) is 0 Å². The van der Waals surface area contributed by atoms with Crippen LogP contribution < -0.4 is 11.1 Å². The molecule has 0 saturated carbocycles. The maximum atomic E-state index is 12.9. The minimum absolute atomic E-state index is 0.0295. The molecule has 1 aliphatic rings. The number of rotatable bonds is 4. The standard InChI is InChI=1S/C14H17F3N2O4/c1-8-6-9(10(23-8)14(15,16)17)11(20)19-7-13(12(18)21)2-4-22-5-3-13/h6H,2-5,7H2,1H3,(H2,18,21)(H,19,20). The molecule has 2 rings (SSSR count). The highest BCUT2D eigenvalue weighted by atomic mass is 19.4. The molecular weight excluding hydrogens is 317 g/mol. The first-order chi connectivity index (χ1) is 10.7. The first kappa shape index (κ1) is 17.3. The van der Waals surface area contributed by atoms with E-state index in [0.29, 0.717) is 26.1 Å². The number of furan rings is 1. The van der Waals surface area contributed by atoms with Crippen LogP contribution in [0, 0.1) is 12.3 Å². The summed E-state index contributed by atoms with van der Waals surface area (Å²) >= 11 is 0. The summed E-state index contributed by atoms with van der Waals surface area (Å²) in [6, 6.07) is 1.01. The Morgan fingerprint density at radius 2 is 1.96 bits per heavy atom. The third-order valence-corrected chi connectivity index (χ3v) is 3.92. The molecule has 0 bridgehead atoms. The van der Waals surface area contributed by atoms with Crippen molar-refractivity contribution in [3.63, 3.8) is 0 Å². The number of nitrogens with one attached hydrogen (secondary N) is 1. The van der Waals surface area contributed by atoms with Crippen molar-refractivity contribution in [1.82, 2.24) is 5.32 Å². The number of hydrogen-bond acceptors (Lipinski definition) is 4. The molecule has 0 aliphatic carbocycles. The molecule has 2 amide bonds. The Kier molecular flexibility index (Phi) is 4.69. The molecule has 0 atom stereocenters. The molecule has 1 saturated heterocycles. The Morgan fingerprint density at radius 3 is 2.48 bits per heavy atom. The summed E-state index contributed by atoms with van der Waals surface area (Å²) < 4.78 is 48.3. The van der Waals surface area contributed by atoms with Crippen LogP contribution in [0.15, 0.2) is 10.5 Å². The molecular formula is C14H17F3N2O4. The van der Waals surface area contributed by atoms with E-state index in [9.17, 15) is 22.8 Å². The van der Waals surface area contributed by atoms with Gasteiger partial charge >= 0.3 is 6.18 Å². The monoisotopic (exact) mass is 334 g/mol. The van der Waals surface area contributed by atoms with Gasteiger partial charge in [0.05, 0.1) is 11.0 Å². The Labute approximate surface area is 130 Å². The number of carbonyl (C=O) groups excluding carboxylic acids is 2. The molecule has 0 spiro atoms. The van der Waals surface area contributed by atoms with Crippen molar-refractivity contribution in [2.24, 2.45) is 11.1 Å². The fourth-order valence-corrected chi connectivity index (χ4v) is 2.51. The van der Waals surface area contributed by atoms with Crippen molar-refractivity contribution in [3.05, 3.63) is 23.2 Å². The van der Waals surface area contributed by atoms with E-state index in [2.05, 4.69) is 9.73 Å². The molecule has 1 fully saturated rings. The van der Waals surface area contributed by atoms with Gasteiger partial charge in [0, 0.05) is 19.8 Å². The number of aryl methyl sites for hydroxylation is 1. The van der Waals surface area contributed by atoms with Gasteiger partial charge in [0.1, 0.15) is 5.76 Å². The lowest BCUT2D eigenvalue weighted by atomic mass is 9.79. The number of amides is 2. The maximum absolute atomic E-state index is 12.9. The summed E-state index contributed by atoms with van der Waals surface area (Å²) in [5, 5.41) is 2.36. The Morgan fingerprint density at radius 1 is 1.35 bits per heavy atom. The second kappa shape index (κ2) is 6.23. The Balaban J connectivity index is 2.15. The topological polar surface area (TPSA) is 94.6 Å². The zero-order valence-electron chi connectivity index (χ0n) is 12.5. The molecule has 128 valence electrons. The van der Waals surface area contributed by atoms with E-state index in [1.807, 2.05) is 0 Å². The van der Waals surface area contributed by atoms with Gasteiger partial charge in [-0.05, 0) is 25.8 Å². The highest BCUT2D eigenvalue weighted by Gasteiger charge is 2.42. The minimum Gasteiger partial charge on any atom is -0.456 e. The van der Waals surface area contributed by atoms with Crippen molar-refractivity contribution in [2.45, 2.75) is 25.9 Å². The highest BCUT2D eigenvalue weighted by molar-refractivity contribution is 5.96. The van der Waals surface area contributed by atoms with Crippen LogP contribution in [-0.2, 0) is 15.7 Å². The molecule has 0 aromatic carbocycles. The SMILES string of the molecule is Cc1cc(C(=O)NCC2(C(N)=O)CCOCC2)c(C(F)(F)F)o1. The van der Waals surface area contributed by atoms with Gasteiger partial charge in [0.2, 0.25) is 11.7 Å². The van der Waals surface area contributed by atoms with Crippen molar-refractivity contribution in [2.75, 3.05) is 19.8 Å². The van der Waals surface area contributed by atoms with E-state index in [-0.39, 0.29) is 12.3 Å². The summed E-state index contributed by atoms with van der Waals surface area (Å²) in [4.78, 5) is 23.8. The summed E-state index contributed by atoms with van der Waals surface area (Å²) in [5.41, 5.74) is 3.77. The largest absolute Gasteiger partial charge is 0.456 e. The van der Waals surface area contributed by atoms with Crippen molar-refractivity contribution >= 4 is 11.8 Å². The minimum atomic E-state index is -4.78. The van der Waals surface area contributed by atoms with Gasteiger partial charge in [-0.2, -0.15) is 13.2 Å². The molecule has 9 heteroatoms. The first-order valence-electron chi connectivity index (χ1n) is 6.99. The van der Waals surface area contributed by atoms with E-state index >= 15 is 0 Å². The zero-order chi connectivity index (χ0) is 17.3.